The molecule has 2 rings (SSSR count). The van der Waals surface area contributed by atoms with E-state index in [-0.39, 0.29) is 5.56 Å². The highest BCUT2D eigenvalue weighted by atomic mass is 19.4. The lowest BCUT2D eigenvalue weighted by Crippen LogP contribution is -2.19. The van der Waals surface area contributed by atoms with Gasteiger partial charge in [0.15, 0.2) is 0 Å². The van der Waals surface area contributed by atoms with E-state index in [2.05, 4.69) is 0 Å². The monoisotopic (exact) mass is 295 g/mol. The van der Waals surface area contributed by atoms with E-state index in [0.29, 0.717) is 11.3 Å². The second-order valence-electron chi connectivity index (χ2n) is 4.81. The predicted octanol–water partition coefficient (Wildman–Crippen LogP) is 4.07. The summed E-state index contributed by atoms with van der Waals surface area (Å²) < 4.78 is 44.5. The van der Waals surface area contributed by atoms with E-state index < -0.39 is 17.8 Å². The number of rotatable bonds is 3. The molecule has 2 nitrogen and oxygen atoms in total. The lowest BCUT2D eigenvalue weighted by Gasteiger charge is -2.20. The summed E-state index contributed by atoms with van der Waals surface area (Å²) in [5, 5.41) is 0. The minimum absolute atomic E-state index is 0.0344. The van der Waals surface area contributed by atoms with Gasteiger partial charge in [0.05, 0.1) is 18.7 Å². The normalized spacial score (nSPS) is 13.0. The Morgan fingerprint density at radius 1 is 1.05 bits per heavy atom. The molecule has 112 valence electrons. The molecule has 2 N–H and O–H groups in total. The average molecular weight is 295 g/mol. The number of alkyl halides is 3. The Labute approximate surface area is 121 Å². The largest absolute Gasteiger partial charge is 0.496 e. The van der Waals surface area contributed by atoms with Crippen LogP contribution in [0.15, 0.2) is 42.5 Å². The average Bonchev–Trinajstić information content (AvgIpc) is 2.45. The number of nitrogens with two attached hydrogens (primary N) is 1. The first-order valence-corrected chi connectivity index (χ1v) is 6.41. The highest BCUT2D eigenvalue weighted by Gasteiger charge is 2.34. The van der Waals surface area contributed by atoms with Crippen LogP contribution in [-0.4, -0.2) is 7.11 Å². The van der Waals surface area contributed by atoms with Crippen molar-refractivity contribution in [3.8, 4) is 5.75 Å². The van der Waals surface area contributed by atoms with Gasteiger partial charge in [0.2, 0.25) is 0 Å². The molecule has 1 unspecified atom stereocenters. The van der Waals surface area contributed by atoms with Crippen LogP contribution in [0.3, 0.4) is 0 Å². The maximum atomic E-state index is 13.1. The van der Waals surface area contributed by atoms with Gasteiger partial charge in [0, 0.05) is 5.56 Å². The number of aryl methyl sites for hydroxylation is 1. The first kappa shape index (κ1) is 15.4. The maximum absolute atomic E-state index is 13.1. The molecule has 0 saturated heterocycles. The summed E-state index contributed by atoms with van der Waals surface area (Å²) in [6.07, 6.45) is -4.44. The van der Waals surface area contributed by atoms with Gasteiger partial charge in [-0.2, -0.15) is 13.2 Å². The third kappa shape index (κ3) is 3.19. The van der Waals surface area contributed by atoms with Gasteiger partial charge < -0.3 is 10.5 Å². The second-order valence-corrected chi connectivity index (χ2v) is 4.81. The predicted molar refractivity (Wildman–Crippen MR) is 75.2 cm³/mol. The van der Waals surface area contributed by atoms with Crippen LogP contribution in [0, 0.1) is 6.92 Å². The van der Waals surface area contributed by atoms with E-state index in [9.17, 15) is 13.2 Å². The van der Waals surface area contributed by atoms with Crippen molar-refractivity contribution in [2.45, 2.75) is 19.1 Å². The second kappa shape index (κ2) is 5.77. The number of halogens is 3. The summed E-state index contributed by atoms with van der Waals surface area (Å²) in [5.41, 5.74) is 6.85. The highest BCUT2D eigenvalue weighted by molar-refractivity contribution is 5.46. The van der Waals surface area contributed by atoms with E-state index >= 15 is 0 Å². The summed E-state index contributed by atoms with van der Waals surface area (Å²) >= 11 is 0. The topological polar surface area (TPSA) is 35.2 Å². The van der Waals surface area contributed by atoms with Gasteiger partial charge in [-0.15, -0.1) is 0 Å². The van der Waals surface area contributed by atoms with Gasteiger partial charge in [-0.05, 0) is 30.2 Å². The Balaban J connectivity index is 2.53. The number of hydrogen-bond donors (Lipinski definition) is 1. The van der Waals surface area contributed by atoms with Crippen molar-refractivity contribution in [3.63, 3.8) is 0 Å². The molecule has 0 aliphatic heterocycles. The summed E-state index contributed by atoms with van der Waals surface area (Å²) in [6.45, 7) is 1.88. The zero-order valence-corrected chi connectivity index (χ0v) is 11.7. The molecule has 0 saturated carbocycles. The zero-order valence-electron chi connectivity index (χ0n) is 11.7. The molecule has 0 aliphatic carbocycles. The SMILES string of the molecule is COc1cc(C)ccc1C(N)c1ccccc1C(F)(F)F. The molecule has 21 heavy (non-hydrogen) atoms. The van der Waals surface area contributed by atoms with Crippen LogP contribution in [-0.2, 0) is 6.18 Å². The molecule has 2 aromatic rings. The third-order valence-electron chi connectivity index (χ3n) is 3.33. The van der Waals surface area contributed by atoms with E-state index in [1.165, 1.54) is 19.2 Å². The van der Waals surface area contributed by atoms with E-state index in [1.807, 2.05) is 6.92 Å². The summed E-state index contributed by atoms with van der Waals surface area (Å²) in [4.78, 5) is 0. The van der Waals surface area contributed by atoms with Crippen molar-refractivity contribution in [3.05, 3.63) is 64.7 Å². The molecule has 2 aromatic carbocycles. The highest BCUT2D eigenvalue weighted by Crippen LogP contribution is 2.37. The fourth-order valence-electron chi connectivity index (χ4n) is 2.27. The standard InChI is InChI=1S/C16H16F3NO/c1-10-7-8-12(14(9-10)21-2)15(20)11-5-3-4-6-13(11)16(17,18)19/h3-9,15H,20H2,1-2H3. The van der Waals surface area contributed by atoms with Gasteiger partial charge in [-0.25, -0.2) is 0 Å². The van der Waals surface area contributed by atoms with Crippen LogP contribution in [0.5, 0.6) is 5.75 Å². The van der Waals surface area contributed by atoms with E-state index in [4.69, 9.17) is 10.5 Å². The molecule has 5 heteroatoms. The Kier molecular flexibility index (Phi) is 4.23. The van der Waals surface area contributed by atoms with Crippen LogP contribution in [0.1, 0.15) is 28.3 Å². The zero-order chi connectivity index (χ0) is 15.6. The Hall–Kier alpha value is -2.01. The van der Waals surface area contributed by atoms with Crippen LogP contribution in [0.25, 0.3) is 0 Å². The maximum Gasteiger partial charge on any atom is 0.416 e. The first-order chi connectivity index (χ1) is 9.84. The summed E-state index contributed by atoms with van der Waals surface area (Å²) in [6, 6.07) is 9.68. The van der Waals surface area contributed by atoms with Crippen molar-refractivity contribution in [1.82, 2.24) is 0 Å². The van der Waals surface area contributed by atoms with Crippen molar-refractivity contribution in [2.24, 2.45) is 5.73 Å². The van der Waals surface area contributed by atoms with Crippen LogP contribution in [0.4, 0.5) is 13.2 Å². The Bertz CT molecular complexity index is 638. The van der Waals surface area contributed by atoms with Gasteiger partial charge in [0.25, 0.3) is 0 Å². The molecule has 1 atom stereocenters. The van der Waals surface area contributed by atoms with Gasteiger partial charge in [-0.3, -0.25) is 0 Å². The fourth-order valence-corrected chi connectivity index (χ4v) is 2.27. The molecule has 0 aliphatic rings. The fraction of sp³-hybridized carbons (Fsp3) is 0.250. The van der Waals surface area contributed by atoms with Crippen LogP contribution < -0.4 is 10.5 Å². The smallest absolute Gasteiger partial charge is 0.416 e. The third-order valence-corrected chi connectivity index (χ3v) is 3.33. The molecular formula is C16H16F3NO. The Morgan fingerprint density at radius 2 is 1.71 bits per heavy atom. The number of ether oxygens (including phenoxy) is 1. The van der Waals surface area contributed by atoms with E-state index in [1.54, 1.807) is 24.3 Å². The minimum Gasteiger partial charge on any atom is -0.496 e. The number of hydrogen-bond acceptors (Lipinski definition) is 2. The lowest BCUT2D eigenvalue weighted by molar-refractivity contribution is -0.138. The van der Waals surface area contributed by atoms with Gasteiger partial charge in [-0.1, -0.05) is 30.3 Å². The molecule has 0 heterocycles. The molecule has 0 fully saturated rings. The van der Waals surface area contributed by atoms with Crippen molar-refractivity contribution >= 4 is 0 Å². The molecule has 0 bridgehead atoms. The molecule has 0 aromatic heterocycles. The number of benzene rings is 2. The molecule has 0 spiro atoms. The van der Waals surface area contributed by atoms with E-state index in [0.717, 1.165) is 11.6 Å². The quantitative estimate of drug-likeness (QED) is 0.926. The van der Waals surface area contributed by atoms with Gasteiger partial charge >= 0.3 is 6.18 Å². The minimum atomic E-state index is -4.44. The first-order valence-electron chi connectivity index (χ1n) is 6.41. The van der Waals surface area contributed by atoms with Crippen LogP contribution in [0.2, 0.25) is 0 Å². The summed E-state index contributed by atoms with van der Waals surface area (Å²) in [5.74, 6) is 0.486. The van der Waals surface area contributed by atoms with Crippen LogP contribution >= 0.6 is 0 Å². The lowest BCUT2D eigenvalue weighted by atomic mass is 9.93. The van der Waals surface area contributed by atoms with Crippen molar-refractivity contribution in [1.29, 1.82) is 0 Å². The number of methoxy groups -OCH3 is 1. The van der Waals surface area contributed by atoms with Crippen molar-refractivity contribution < 1.29 is 17.9 Å². The molecule has 0 radical (unpaired) electrons. The van der Waals surface area contributed by atoms with Crippen molar-refractivity contribution in [2.75, 3.05) is 7.11 Å². The Morgan fingerprint density at radius 3 is 2.33 bits per heavy atom. The summed E-state index contributed by atoms with van der Waals surface area (Å²) in [7, 11) is 1.47. The van der Waals surface area contributed by atoms with Gasteiger partial charge in [0.1, 0.15) is 5.75 Å². The molecular weight excluding hydrogens is 279 g/mol. The molecule has 0 amide bonds.